The van der Waals surface area contributed by atoms with Crippen molar-refractivity contribution in [1.82, 2.24) is 0 Å². The molecule has 7 nitrogen and oxygen atoms in total. The molecule has 27 heavy (non-hydrogen) atoms. The summed E-state index contributed by atoms with van der Waals surface area (Å²) in [6, 6.07) is 12.2. The Bertz CT molecular complexity index is 831. The standard InChI is InChI=1S/C20H21NO6/c1-24-16-9-5-4-8-15(16)21-18(22)13-27-19(23)12-11-14-7-6-10-17(25-2)20(14)26-3/h4-12H,13H2,1-3H3,(H,21,22)/b12-11+. The highest BCUT2D eigenvalue weighted by Crippen LogP contribution is 2.31. The second-order valence-corrected chi connectivity index (χ2v) is 5.27. The lowest BCUT2D eigenvalue weighted by molar-refractivity contribution is -0.142. The van der Waals surface area contributed by atoms with Crippen LogP contribution < -0.4 is 19.5 Å². The van der Waals surface area contributed by atoms with E-state index in [9.17, 15) is 9.59 Å². The Kier molecular flexibility index (Phi) is 7.25. The van der Waals surface area contributed by atoms with E-state index in [0.717, 1.165) is 0 Å². The topological polar surface area (TPSA) is 83.1 Å². The summed E-state index contributed by atoms with van der Waals surface area (Å²) in [4.78, 5) is 23.8. The van der Waals surface area contributed by atoms with E-state index in [0.29, 0.717) is 28.5 Å². The first-order valence-corrected chi connectivity index (χ1v) is 8.07. The van der Waals surface area contributed by atoms with Crippen molar-refractivity contribution in [3.8, 4) is 17.2 Å². The predicted octanol–water partition coefficient (Wildman–Crippen LogP) is 2.91. The monoisotopic (exact) mass is 371 g/mol. The van der Waals surface area contributed by atoms with Crippen LogP contribution in [0.3, 0.4) is 0 Å². The van der Waals surface area contributed by atoms with Gasteiger partial charge in [0.15, 0.2) is 18.1 Å². The first-order valence-electron chi connectivity index (χ1n) is 8.07. The van der Waals surface area contributed by atoms with E-state index in [2.05, 4.69) is 5.32 Å². The van der Waals surface area contributed by atoms with Crippen LogP contribution in [0.15, 0.2) is 48.5 Å². The second kappa shape index (κ2) is 9.86. The molecular weight excluding hydrogens is 350 g/mol. The highest BCUT2D eigenvalue weighted by atomic mass is 16.5. The predicted molar refractivity (Wildman–Crippen MR) is 101 cm³/mol. The fourth-order valence-electron chi connectivity index (χ4n) is 2.32. The number of hydrogen-bond donors (Lipinski definition) is 1. The van der Waals surface area contributed by atoms with Crippen LogP contribution in [-0.4, -0.2) is 39.8 Å². The molecule has 1 amide bonds. The van der Waals surface area contributed by atoms with Crippen LogP contribution in [0.2, 0.25) is 0 Å². The van der Waals surface area contributed by atoms with Crippen LogP contribution >= 0.6 is 0 Å². The highest BCUT2D eigenvalue weighted by Gasteiger charge is 2.10. The Hall–Kier alpha value is -3.48. The van der Waals surface area contributed by atoms with E-state index in [1.807, 2.05) is 0 Å². The molecule has 0 radical (unpaired) electrons. The van der Waals surface area contributed by atoms with E-state index in [-0.39, 0.29) is 0 Å². The Morgan fingerprint density at radius 1 is 0.926 bits per heavy atom. The molecule has 142 valence electrons. The van der Waals surface area contributed by atoms with Gasteiger partial charge in [-0.15, -0.1) is 0 Å². The summed E-state index contributed by atoms with van der Waals surface area (Å²) in [5.41, 5.74) is 1.14. The molecule has 0 fully saturated rings. The molecule has 7 heteroatoms. The van der Waals surface area contributed by atoms with Crippen LogP contribution in [0.4, 0.5) is 5.69 Å². The molecule has 0 atom stereocenters. The number of ether oxygens (including phenoxy) is 4. The number of carbonyl (C=O) groups excluding carboxylic acids is 2. The van der Waals surface area contributed by atoms with Crippen molar-refractivity contribution in [2.75, 3.05) is 33.3 Å². The van der Waals surface area contributed by atoms with E-state index in [1.54, 1.807) is 42.5 Å². The number of amides is 1. The zero-order valence-electron chi connectivity index (χ0n) is 15.4. The number of benzene rings is 2. The van der Waals surface area contributed by atoms with Gasteiger partial charge in [-0.2, -0.15) is 0 Å². The number of nitrogens with one attached hydrogen (secondary N) is 1. The number of carbonyl (C=O) groups is 2. The van der Waals surface area contributed by atoms with Crippen molar-refractivity contribution in [2.24, 2.45) is 0 Å². The van der Waals surface area contributed by atoms with E-state index >= 15 is 0 Å². The molecule has 0 aliphatic rings. The molecule has 0 saturated carbocycles. The van der Waals surface area contributed by atoms with Gasteiger partial charge in [0.2, 0.25) is 0 Å². The lowest BCUT2D eigenvalue weighted by atomic mass is 10.1. The minimum Gasteiger partial charge on any atom is -0.495 e. The molecule has 0 aromatic heterocycles. The lowest BCUT2D eigenvalue weighted by Crippen LogP contribution is -2.20. The summed E-state index contributed by atoms with van der Waals surface area (Å²) in [5.74, 6) is 0.430. The third-order valence-corrected chi connectivity index (χ3v) is 3.56. The molecular formula is C20H21NO6. The molecule has 0 heterocycles. The molecule has 2 aromatic rings. The maximum atomic E-state index is 11.9. The van der Waals surface area contributed by atoms with Gasteiger partial charge in [0.25, 0.3) is 5.91 Å². The van der Waals surface area contributed by atoms with Gasteiger partial charge in [0.05, 0.1) is 27.0 Å². The molecule has 2 aromatic carbocycles. The van der Waals surface area contributed by atoms with Crippen molar-refractivity contribution in [3.63, 3.8) is 0 Å². The van der Waals surface area contributed by atoms with E-state index in [1.165, 1.54) is 33.5 Å². The number of hydrogen-bond acceptors (Lipinski definition) is 6. The fourth-order valence-corrected chi connectivity index (χ4v) is 2.32. The fraction of sp³-hybridized carbons (Fsp3) is 0.200. The van der Waals surface area contributed by atoms with Gasteiger partial charge in [-0.05, 0) is 24.3 Å². The molecule has 0 unspecified atom stereocenters. The second-order valence-electron chi connectivity index (χ2n) is 5.27. The smallest absolute Gasteiger partial charge is 0.331 e. The third kappa shape index (κ3) is 5.50. The highest BCUT2D eigenvalue weighted by molar-refractivity contribution is 5.95. The van der Waals surface area contributed by atoms with Crippen molar-refractivity contribution in [3.05, 3.63) is 54.1 Å². The zero-order chi connectivity index (χ0) is 19.6. The average Bonchev–Trinajstić information content (AvgIpc) is 2.70. The van der Waals surface area contributed by atoms with E-state index < -0.39 is 18.5 Å². The summed E-state index contributed by atoms with van der Waals surface area (Å²) in [5, 5.41) is 2.62. The van der Waals surface area contributed by atoms with Gasteiger partial charge in [0, 0.05) is 11.6 Å². The van der Waals surface area contributed by atoms with Crippen molar-refractivity contribution < 1.29 is 28.5 Å². The summed E-state index contributed by atoms with van der Waals surface area (Å²) in [6.07, 6.45) is 2.75. The molecule has 0 spiro atoms. The third-order valence-electron chi connectivity index (χ3n) is 3.56. The maximum absolute atomic E-state index is 11.9. The van der Waals surface area contributed by atoms with Gasteiger partial charge in [-0.1, -0.05) is 24.3 Å². The van der Waals surface area contributed by atoms with Gasteiger partial charge in [0.1, 0.15) is 5.75 Å². The largest absolute Gasteiger partial charge is 0.495 e. The maximum Gasteiger partial charge on any atom is 0.331 e. The van der Waals surface area contributed by atoms with Gasteiger partial charge in [-0.25, -0.2) is 4.79 Å². The number of anilines is 1. The lowest BCUT2D eigenvalue weighted by Gasteiger charge is -2.10. The molecule has 0 aliphatic heterocycles. The Balaban J connectivity index is 1.92. The summed E-state index contributed by atoms with van der Waals surface area (Å²) >= 11 is 0. The van der Waals surface area contributed by atoms with Crippen LogP contribution in [0.25, 0.3) is 6.08 Å². The van der Waals surface area contributed by atoms with Crippen LogP contribution in [0.5, 0.6) is 17.2 Å². The van der Waals surface area contributed by atoms with Gasteiger partial charge in [-0.3, -0.25) is 4.79 Å². The minimum atomic E-state index is -0.657. The summed E-state index contributed by atoms with van der Waals surface area (Å²) < 4.78 is 20.6. The SMILES string of the molecule is COc1ccccc1NC(=O)COC(=O)/C=C/c1cccc(OC)c1OC. The average molecular weight is 371 g/mol. The number of esters is 1. The zero-order valence-corrected chi connectivity index (χ0v) is 15.4. The van der Waals surface area contributed by atoms with Crippen molar-refractivity contribution in [2.45, 2.75) is 0 Å². The molecule has 0 saturated heterocycles. The molecule has 1 N–H and O–H groups in total. The van der Waals surface area contributed by atoms with Crippen molar-refractivity contribution in [1.29, 1.82) is 0 Å². The number of methoxy groups -OCH3 is 3. The number of para-hydroxylation sites is 3. The van der Waals surface area contributed by atoms with Crippen LogP contribution in [0.1, 0.15) is 5.56 Å². The van der Waals surface area contributed by atoms with Crippen molar-refractivity contribution >= 4 is 23.6 Å². The Labute approximate surface area is 157 Å². The van der Waals surface area contributed by atoms with Gasteiger partial charge >= 0.3 is 5.97 Å². The van der Waals surface area contributed by atoms with E-state index in [4.69, 9.17) is 18.9 Å². The quantitative estimate of drug-likeness (QED) is 0.567. The Morgan fingerprint density at radius 3 is 2.33 bits per heavy atom. The summed E-state index contributed by atoms with van der Waals surface area (Å²) in [7, 11) is 4.54. The Morgan fingerprint density at radius 2 is 1.63 bits per heavy atom. The molecule has 2 rings (SSSR count). The van der Waals surface area contributed by atoms with Gasteiger partial charge < -0.3 is 24.3 Å². The van der Waals surface area contributed by atoms with Crippen LogP contribution in [-0.2, 0) is 14.3 Å². The first-order chi connectivity index (χ1) is 13.1. The minimum absolute atomic E-state index is 0.420. The normalized spacial score (nSPS) is 10.3. The molecule has 0 bridgehead atoms. The number of rotatable bonds is 8. The molecule has 0 aliphatic carbocycles. The first kappa shape index (κ1) is 19.8. The summed E-state index contributed by atoms with van der Waals surface area (Å²) in [6.45, 7) is -0.420. The van der Waals surface area contributed by atoms with Crippen LogP contribution in [0, 0.1) is 0 Å².